The molecule has 12 rings (SSSR count). The van der Waals surface area contributed by atoms with Crippen molar-refractivity contribution in [2.75, 3.05) is 66.1 Å². The Morgan fingerprint density at radius 1 is 0.192 bits per heavy atom. The summed E-state index contributed by atoms with van der Waals surface area (Å²) in [7, 11) is 0. The molecule has 0 spiro atoms. The number of ether oxygens (including phenoxy) is 23. The van der Waals surface area contributed by atoms with Crippen LogP contribution in [0.25, 0.3) is 0 Å². The number of hydrogen-bond acceptors (Lipinski definition) is 59. The molecule has 12 heterocycles. The molecule has 0 aromatic heterocycles. The molecular formula is C82H137N5O59. The van der Waals surface area contributed by atoms with E-state index in [-0.39, 0.29) is 0 Å². The third-order valence-electron chi connectivity index (χ3n) is 27.0. The molecule has 12 saturated heterocycles. The monoisotopic (exact) mass is 2140 g/mol. The first-order valence-corrected chi connectivity index (χ1v) is 46.9. The van der Waals surface area contributed by atoms with Crippen LogP contribution in [0.1, 0.15) is 48.5 Å². The van der Waals surface area contributed by atoms with E-state index in [1.807, 2.05) is 0 Å². The summed E-state index contributed by atoms with van der Waals surface area (Å²) in [5, 5.41) is 363. The molecule has 64 heteroatoms. The molecule has 12 aliphatic rings. The van der Waals surface area contributed by atoms with Crippen LogP contribution >= 0.6 is 0 Å². The van der Waals surface area contributed by atoms with E-state index in [2.05, 4.69) is 26.6 Å². The van der Waals surface area contributed by atoms with E-state index >= 15 is 0 Å². The quantitative estimate of drug-likeness (QED) is 0.0275. The Hall–Kier alpha value is -4.81. The van der Waals surface area contributed by atoms with Gasteiger partial charge in [0.2, 0.25) is 29.5 Å². The highest BCUT2D eigenvalue weighted by atomic mass is 16.8. The molecule has 12 fully saturated rings. The second-order valence-electron chi connectivity index (χ2n) is 37.3. The lowest BCUT2D eigenvalue weighted by Gasteiger charge is -2.52. The maximum Gasteiger partial charge on any atom is 0.217 e. The molecule has 12 aliphatic heterocycles. The number of nitrogens with one attached hydrogen (secondary N) is 5. The van der Waals surface area contributed by atoms with Gasteiger partial charge < -0.3 is 294 Å². The van der Waals surface area contributed by atoms with Gasteiger partial charge in [-0.3, -0.25) is 24.0 Å². The van der Waals surface area contributed by atoms with Crippen molar-refractivity contribution in [2.24, 2.45) is 0 Å². The average Bonchev–Trinajstić information content (AvgIpc) is 0.758. The van der Waals surface area contributed by atoms with E-state index in [4.69, 9.17) is 109 Å². The molecule has 0 saturated carbocycles. The molecule has 64 nitrogen and oxygen atoms in total. The summed E-state index contributed by atoms with van der Waals surface area (Å²) in [6.45, 7) is -4.87. The number of aliphatic hydroxyl groups excluding tert-OH is 31. The Bertz CT molecular complexity index is 4090. The topological polar surface area (TPSA) is 985 Å². The average molecular weight is 2140 g/mol. The van der Waals surface area contributed by atoms with Crippen molar-refractivity contribution in [3.8, 4) is 0 Å². The van der Waals surface area contributed by atoms with Crippen molar-refractivity contribution in [3.05, 3.63) is 0 Å². The minimum atomic E-state index is -2.67. The maximum atomic E-state index is 13.7. The molecule has 0 unspecified atom stereocenters. The fraction of sp³-hybridized carbons (Fsp3) is 0.939. The zero-order valence-electron chi connectivity index (χ0n) is 79.0. The highest BCUT2D eigenvalue weighted by Gasteiger charge is 2.64. The fourth-order valence-electron chi connectivity index (χ4n) is 19.2. The second kappa shape index (κ2) is 52.2. The van der Waals surface area contributed by atoms with Crippen molar-refractivity contribution in [2.45, 2.75) is 417 Å². The first kappa shape index (κ1) is 120. The van der Waals surface area contributed by atoms with Gasteiger partial charge in [-0.05, 0) is 13.8 Å². The van der Waals surface area contributed by atoms with Gasteiger partial charge in [0, 0.05) is 34.6 Å². The van der Waals surface area contributed by atoms with Crippen molar-refractivity contribution < 1.29 is 291 Å². The summed E-state index contributed by atoms with van der Waals surface area (Å²) in [4.78, 5) is 65.9. The number of aliphatic hydroxyl groups is 31. The SMILES string of the molecule is CC(=O)N[C@H]1[C@H](O[C@H]2[C@@H](O)[C@@H](CO)O[C@@H](O[C@H]3[C@H](O)[C@@H](O)[C@H](O)O[C@@H]3CO)[C@@H]2O)O[C@H](CO)[C@@H](O[C@@H]2O[C@H](CO[C@@H]3O[C@H](CO)[C@@H](O[C@@H]4O[C@H](CO)[C@H](O)[C@H](O[C@H]5O[C@H](CO)[C@H](O)[C@H](O)[C@H]5NC(C)=O)[C@H]4O[C@@H]4O[C@@H](C)[C@@H](O)[C@@H](O)[C@@H]4O)[C@H](O)[C@H]3NC(C)=O)[C@H](O)[C@H](O[C@@H]3O[C@H](CO)[C@@H](O[C@@H]4O[C@H](CO)[C@H](O)[C@H](O[C@H]5O[C@H](CO)[C@H](O)[C@H](O)[C@H]5NC(C)=O)[C@H]4O[C@@H]4O[C@@H](C)[C@@H](O)[C@@H](O)[C@@H]4O)[C@H](O)[C@H]3NC(C)=O)[C@H]2O)[C@@H]1O. The van der Waals surface area contributed by atoms with Gasteiger partial charge in [0.05, 0.1) is 78.3 Å². The minimum Gasteiger partial charge on any atom is -0.394 e. The van der Waals surface area contributed by atoms with Gasteiger partial charge in [0.15, 0.2) is 75.5 Å². The first-order chi connectivity index (χ1) is 69.0. The Labute approximate surface area is 827 Å². The van der Waals surface area contributed by atoms with Crippen LogP contribution in [-0.4, -0.2) is 622 Å². The second-order valence-corrected chi connectivity index (χ2v) is 37.3. The van der Waals surface area contributed by atoms with Gasteiger partial charge in [0.1, 0.15) is 280 Å². The van der Waals surface area contributed by atoms with Crippen molar-refractivity contribution >= 4 is 29.5 Å². The summed E-state index contributed by atoms with van der Waals surface area (Å²) in [5.74, 6) is -4.96. The van der Waals surface area contributed by atoms with Crippen molar-refractivity contribution in [3.63, 3.8) is 0 Å². The molecule has 60 atom stereocenters. The van der Waals surface area contributed by atoms with E-state index in [9.17, 15) is 182 Å². The lowest BCUT2D eigenvalue weighted by atomic mass is 9.93. The predicted octanol–water partition coefficient (Wildman–Crippen LogP) is -24.4. The summed E-state index contributed by atoms with van der Waals surface area (Å²) < 4.78 is 139. The van der Waals surface area contributed by atoms with Gasteiger partial charge in [-0.2, -0.15) is 0 Å². The number of carbonyl (C=O) groups excluding carboxylic acids is 5. The van der Waals surface area contributed by atoms with Crippen LogP contribution in [0.15, 0.2) is 0 Å². The lowest BCUT2D eigenvalue weighted by Crippen LogP contribution is -2.71. The smallest absolute Gasteiger partial charge is 0.217 e. The molecule has 146 heavy (non-hydrogen) atoms. The van der Waals surface area contributed by atoms with Gasteiger partial charge in [-0.25, -0.2) is 0 Å². The highest BCUT2D eigenvalue weighted by molar-refractivity contribution is 5.75. The van der Waals surface area contributed by atoms with E-state index < -0.39 is 464 Å². The Kier molecular flexibility index (Phi) is 42.8. The summed E-state index contributed by atoms with van der Waals surface area (Å²) in [5.41, 5.74) is 0. The van der Waals surface area contributed by atoms with Crippen LogP contribution in [0, 0.1) is 0 Å². The third-order valence-corrected chi connectivity index (χ3v) is 27.0. The van der Waals surface area contributed by atoms with Crippen LogP contribution in [0.2, 0.25) is 0 Å². The fourth-order valence-corrected chi connectivity index (χ4v) is 19.2. The molecule has 5 amide bonds. The maximum absolute atomic E-state index is 13.7. The number of rotatable bonds is 37. The normalized spacial score (nSPS) is 49.8. The zero-order chi connectivity index (χ0) is 107. The van der Waals surface area contributed by atoms with Crippen LogP contribution in [0.4, 0.5) is 0 Å². The molecular weight excluding hydrogens is 2000 g/mol. The standard InChI is InChI=1S/C82H137N5O59/c1-18-40(102)53(115)57(119)77(125-18)145-69-67(143-73-35(83-20(3)97)48(110)42(104)25(8-88)128-73)45(107)28(11-91)131-81(69)139-62-31(14-94)133-72(37(50(62)112)85-22(5)99)124-17-34-47(109)66(60(122)80(136-34)137-61-32(15-95)134-75(38(51(61)113)86-23(6)100)141-65-44(106)27(10-90)130-79(59(65)121)138-64-30(13-93)127-71(123)56(118)55(64)117)142-76-39(87-24(7)101)52(114)63(33(16-96)135-76)140-82-70(146-78-58(120)54(116)41(103)19(2)126-78)68(46(108)29(12-92)132-82)144-74-36(84-21(4)98)49(111)43(105)26(9-89)129-74/h18-19,25-82,88-96,102-123H,8-17H2,1-7H3,(H,83,97)(H,84,98)(H,85,99)(H,86,100)(H,87,101)/t18-,19-,25+,26+,27+,28+,29+,30+,31+,32+,33+,34+,35+,36+,37+,38+,39+,40+,41+,42-,43-,44-,45-,46-,47-,48+,49+,50+,51+,52+,53+,54+,55+,56+,57-,58-,59+,60+,61+,62+,63+,64+,65-,66-,67-,68-,69+,70+,71+,72+,73+,74+,75-,76-,77-,78-,79-,80-,81-,82-/m0/s1. The largest absolute Gasteiger partial charge is 0.394 e. The van der Waals surface area contributed by atoms with Gasteiger partial charge in [0.25, 0.3) is 0 Å². The molecule has 0 aromatic carbocycles. The molecule has 844 valence electrons. The molecule has 0 aliphatic carbocycles. The van der Waals surface area contributed by atoms with Gasteiger partial charge in [-0.15, -0.1) is 0 Å². The van der Waals surface area contributed by atoms with Crippen LogP contribution in [0.5, 0.6) is 0 Å². The van der Waals surface area contributed by atoms with Crippen LogP contribution < -0.4 is 26.6 Å². The zero-order valence-corrected chi connectivity index (χ0v) is 79.0. The van der Waals surface area contributed by atoms with Crippen molar-refractivity contribution in [1.29, 1.82) is 0 Å². The number of carbonyl (C=O) groups is 5. The van der Waals surface area contributed by atoms with E-state index in [0.717, 1.165) is 34.6 Å². The number of amides is 5. The summed E-state index contributed by atoms with van der Waals surface area (Å²) in [6.07, 6.45) is -117. The number of hydrogen-bond donors (Lipinski definition) is 36. The van der Waals surface area contributed by atoms with Gasteiger partial charge >= 0.3 is 0 Å². The van der Waals surface area contributed by atoms with Gasteiger partial charge in [-0.1, -0.05) is 0 Å². The Morgan fingerprint density at radius 3 is 0.747 bits per heavy atom. The molecule has 0 aromatic rings. The van der Waals surface area contributed by atoms with E-state index in [0.29, 0.717) is 0 Å². The minimum absolute atomic E-state index is 0.858. The third kappa shape index (κ3) is 26.3. The van der Waals surface area contributed by atoms with E-state index in [1.165, 1.54) is 13.8 Å². The molecule has 36 N–H and O–H groups in total. The first-order valence-electron chi connectivity index (χ1n) is 46.9. The molecule has 0 bridgehead atoms. The highest BCUT2D eigenvalue weighted by Crippen LogP contribution is 2.44. The van der Waals surface area contributed by atoms with E-state index in [1.54, 1.807) is 0 Å². The summed E-state index contributed by atoms with van der Waals surface area (Å²) >= 11 is 0. The Balaban J connectivity index is 0.883. The van der Waals surface area contributed by atoms with Crippen LogP contribution in [0.3, 0.4) is 0 Å². The van der Waals surface area contributed by atoms with Crippen molar-refractivity contribution in [1.82, 2.24) is 26.6 Å². The Morgan fingerprint density at radius 2 is 0.418 bits per heavy atom. The lowest BCUT2D eigenvalue weighted by molar-refractivity contribution is -0.403. The molecule has 0 radical (unpaired) electrons. The summed E-state index contributed by atoms with van der Waals surface area (Å²) in [6, 6.07) is -10.0. The predicted molar refractivity (Wildman–Crippen MR) is 450 cm³/mol. The van der Waals surface area contributed by atoms with Crippen LogP contribution in [-0.2, 0) is 133 Å².